The molecule has 0 spiro atoms. The molecule has 0 bridgehead atoms. The molecule has 4 heterocycles. The van der Waals surface area contributed by atoms with Gasteiger partial charge in [-0.3, -0.25) is 0 Å². The number of benzene rings is 13. The van der Waals surface area contributed by atoms with Gasteiger partial charge in [-0.05, 0) is 167 Å². The molecule has 0 atom stereocenters. The zero-order valence-electron chi connectivity index (χ0n) is 58.9. The first-order valence-electron chi connectivity index (χ1n) is 35.3. The van der Waals surface area contributed by atoms with Gasteiger partial charge in [0.1, 0.15) is 0 Å². The summed E-state index contributed by atoms with van der Waals surface area (Å²) in [4.78, 5) is 5.28. The Morgan fingerprint density at radius 2 is 0.768 bits per heavy atom. The second-order valence-electron chi connectivity index (χ2n) is 31.8. The number of fused-ring (bicyclic) bond motifs is 11. The summed E-state index contributed by atoms with van der Waals surface area (Å²) < 4.78 is 5.14. The molecule has 482 valence electrons. The van der Waals surface area contributed by atoms with Gasteiger partial charge >= 0.3 is 0 Å². The molecule has 3 nitrogen and oxygen atoms in total. The van der Waals surface area contributed by atoms with Gasteiger partial charge in [-0.1, -0.05) is 307 Å². The molecule has 0 unspecified atom stereocenters. The van der Waals surface area contributed by atoms with E-state index in [0.717, 1.165) is 45.0 Å². The molecular weight excluding hydrogens is 1210 g/mol. The first-order valence-corrected chi connectivity index (χ1v) is 36.1. The van der Waals surface area contributed by atoms with E-state index in [-0.39, 0.29) is 28.4 Å². The van der Waals surface area contributed by atoms with E-state index < -0.39 is 0 Å². The van der Waals surface area contributed by atoms with Gasteiger partial charge in [0.2, 0.25) is 6.71 Å². The van der Waals surface area contributed by atoms with Crippen LogP contribution < -0.4 is 21.3 Å². The SMILES string of the molecule is CC(C)(C)c1cc(-c2ccc3c(c2)N(c2c(-c4ccccc4)cc(-c4ccccc4)cc2-c2ccccc2)c2cc(-n4c5ccc(C(C)(C)C)cc5c5cc(C(C)(C)C)ccc54)cc4c2B3c2ccc3c(c2S4)c2ccccc2n3-c2ccccc2-c2ccccc2)cc(C(C)(C)C)c1. The summed E-state index contributed by atoms with van der Waals surface area (Å²) in [6.07, 6.45) is 0. The third kappa shape index (κ3) is 10.5. The van der Waals surface area contributed by atoms with E-state index in [9.17, 15) is 0 Å². The average Bonchev–Trinajstić information content (AvgIpc) is 1.60. The van der Waals surface area contributed by atoms with Crippen LogP contribution in [0, 0.1) is 0 Å². The van der Waals surface area contributed by atoms with E-state index in [1.165, 1.54) is 131 Å². The predicted molar refractivity (Wildman–Crippen MR) is 427 cm³/mol. The Morgan fingerprint density at radius 1 is 0.293 bits per heavy atom. The van der Waals surface area contributed by atoms with Crippen LogP contribution in [-0.2, 0) is 21.7 Å². The zero-order chi connectivity index (χ0) is 68.0. The molecule has 0 N–H and O–H groups in total. The maximum atomic E-state index is 2.73. The molecule has 2 aliphatic heterocycles. The van der Waals surface area contributed by atoms with Crippen molar-refractivity contribution >= 4 is 95.5 Å². The highest BCUT2D eigenvalue weighted by Gasteiger charge is 2.44. The minimum Gasteiger partial charge on any atom is -0.310 e. The molecule has 0 saturated heterocycles. The fourth-order valence-electron chi connectivity index (χ4n) is 15.8. The van der Waals surface area contributed by atoms with Crippen LogP contribution in [0.15, 0.2) is 289 Å². The largest absolute Gasteiger partial charge is 0.310 e. The zero-order valence-corrected chi connectivity index (χ0v) is 59.7. The highest BCUT2D eigenvalue weighted by atomic mass is 32.2. The van der Waals surface area contributed by atoms with E-state index in [4.69, 9.17) is 0 Å². The van der Waals surface area contributed by atoms with Gasteiger partial charge in [-0.2, -0.15) is 0 Å². The minimum absolute atomic E-state index is 0.0601. The lowest BCUT2D eigenvalue weighted by molar-refractivity contribution is 0.569. The van der Waals surface area contributed by atoms with E-state index in [1.54, 1.807) is 0 Å². The summed E-state index contributed by atoms with van der Waals surface area (Å²) in [5.74, 6) is 0. The number of nitrogens with zero attached hydrogens (tertiary/aromatic N) is 3. The molecule has 17 rings (SSSR count). The van der Waals surface area contributed by atoms with Crippen LogP contribution in [0.25, 0.3) is 111 Å². The fourth-order valence-corrected chi connectivity index (χ4v) is 17.2. The molecule has 0 radical (unpaired) electrons. The number of aromatic nitrogens is 2. The molecule has 0 amide bonds. The normalized spacial score (nSPS) is 13.2. The minimum atomic E-state index is -0.152. The average molecular weight is 1300 g/mol. The highest BCUT2D eigenvalue weighted by Crippen LogP contribution is 2.54. The Morgan fingerprint density at radius 3 is 1.33 bits per heavy atom. The summed E-state index contributed by atoms with van der Waals surface area (Å²) in [5, 5.41) is 5.05. The van der Waals surface area contributed by atoms with Gasteiger partial charge in [-0.25, -0.2) is 0 Å². The summed E-state index contributed by atoms with van der Waals surface area (Å²) in [5.41, 5.74) is 31.2. The van der Waals surface area contributed by atoms with Gasteiger partial charge in [0.05, 0.1) is 33.4 Å². The number of anilines is 3. The van der Waals surface area contributed by atoms with Gasteiger partial charge in [0.15, 0.2) is 0 Å². The Kier molecular flexibility index (Phi) is 14.5. The topological polar surface area (TPSA) is 13.1 Å². The van der Waals surface area contributed by atoms with E-state index in [1.807, 2.05) is 11.8 Å². The molecule has 0 aliphatic carbocycles. The number of rotatable bonds is 8. The van der Waals surface area contributed by atoms with Gasteiger partial charge < -0.3 is 14.0 Å². The Labute approximate surface area is 588 Å². The standard InChI is InChI=1S/C94H82BN3S/c1-91(2,3)66-42-46-81-75(55-66)76-56-67(92(4,5)6)43-47-82(76)96(81)70-57-85-88-86(58-70)99-90-78(45-48-83-87(90)72-38-26-28-40-80(72)97(83)79-39-27-25-37-71(79)60-31-19-14-20-32-60)95(88)77-44-41-63(64-49-68(93(7,8)9)54-69(50-64)94(10,11)12)53-84(77)98(85)89-73(61-33-21-15-22-34-61)51-65(59-29-17-13-18-30-59)52-74(89)62-35-23-16-24-36-62/h13-58H,1-12H3. The lowest BCUT2D eigenvalue weighted by atomic mass is 9.34. The van der Waals surface area contributed by atoms with Crippen molar-refractivity contribution in [3.63, 3.8) is 0 Å². The van der Waals surface area contributed by atoms with E-state index in [0.29, 0.717) is 0 Å². The van der Waals surface area contributed by atoms with Gasteiger partial charge in [0.25, 0.3) is 0 Å². The van der Waals surface area contributed by atoms with E-state index >= 15 is 0 Å². The van der Waals surface area contributed by atoms with Crippen molar-refractivity contribution < 1.29 is 0 Å². The quantitative estimate of drug-likeness (QED) is 0.141. The van der Waals surface area contributed by atoms with Crippen LogP contribution in [0.4, 0.5) is 17.1 Å². The van der Waals surface area contributed by atoms with Crippen molar-refractivity contribution in [1.29, 1.82) is 0 Å². The molecule has 0 saturated carbocycles. The third-order valence-corrected chi connectivity index (χ3v) is 22.4. The Bertz CT molecular complexity index is 5570. The summed E-state index contributed by atoms with van der Waals surface area (Å²) in [6, 6.07) is 107. The molecular formula is C94H82BN3S. The Hall–Kier alpha value is -10.3. The van der Waals surface area contributed by atoms with Crippen molar-refractivity contribution in [1.82, 2.24) is 9.13 Å². The second kappa shape index (κ2) is 23.2. The van der Waals surface area contributed by atoms with Crippen molar-refractivity contribution in [3.8, 4) is 67.0 Å². The molecule has 2 aliphatic rings. The molecule has 2 aromatic heterocycles. The van der Waals surface area contributed by atoms with Crippen molar-refractivity contribution in [2.75, 3.05) is 4.90 Å². The number of para-hydroxylation sites is 2. The summed E-state index contributed by atoms with van der Waals surface area (Å²) in [6.45, 7) is 28.0. The van der Waals surface area contributed by atoms with Crippen LogP contribution in [0.2, 0.25) is 0 Å². The van der Waals surface area contributed by atoms with Crippen LogP contribution in [0.5, 0.6) is 0 Å². The molecule has 0 fully saturated rings. The number of hydrogen-bond donors (Lipinski definition) is 0. The first kappa shape index (κ1) is 62.2. The maximum absolute atomic E-state index is 2.73. The van der Waals surface area contributed by atoms with Crippen LogP contribution in [-0.4, -0.2) is 15.8 Å². The third-order valence-electron chi connectivity index (χ3n) is 21.2. The summed E-state index contributed by atoms with van der Waals surface area (Å²) >= 11 is 1.96. The van der Waals surface area contributed by atoms with E-state index in [2.05, 4.69) is 376 Å². The predicted octanol–water partition coefficient (Wildman–Crippen LogP) is 24.2. The van der Waals surface area contributed by atoms with Crippen LogP contribution in [0.3, 0.4) is 0 Å². The fraction of sp³-hybridized carbons (Fsp3) is 0.170. The van der Waals surface area contributed by atoms with Crippen molar-refractivity contribution in [2.45, 2.75) is 115 Å². The smallest absolute Gasteiger partial charge is 0.249 e. The van der Waals surface area contributed by atoms with Gasteiger partial charge in [-0.15, -0.1) is 0 Å². The lowest BCUT2D eigenvalue weighted by Crippen LogP contribution is -2.60. The lowest BCUT2D eigenvalue weighted by Gasteiger charge is -2.42. The van der Waals surface area contributed by atoms with Crippen LogP contribution in [0.1, 0.15) is 105 Å². The molecule has 13 aromatic carbocycles. The number of hydrogen-bond acceptors (Lipinski definition) is 2. The summed E-state index contributed by atoms with van der Waals surface area (Å²) in [7, 11) is 0. The maximum Gasteiger partial charge on any atom is 0.249 e. The van der Waals surface area contributed by atoms with Gasteiger partial charge in [0, 0.05) is 65.1 Å². The highest BCUT2D eigenvalue weighted by molar-refractivity contribution is 8.00. The van der Waals surface area contributed by atoms with Crippen molar-refractivity contribution in [2.24, 2.45) is 0 Å². The van der Waals surface area contributed by atoms with Crippen LogP contribution >= 0.6 is 11.8 Å². The van der Waals surface area contributed by atoms with Crippen molar-refractivity contribution in [3.05, 3.63) is 301 Å². The molecule has 5 heteroatoms. The Balaban J connectivity index is 1.04. The second-order valence-corrected chi connectivity index (χ2v) is 32.8. The molecule has 99 heavy (non-hydrogen) atoms. The monoisotopic (exact) mass is 1300 g/mol. The first-order chi connectivity index (χ1) is 47.6. The molecule has 15 aromatic rings.